The second kappa shape index (κ2) is 15.6. The molecule has 0 fully saturated rings. The largest absolute Gasteiger partial charge is 0.463 e. The van der Waals surface area contributed by atoms with Crippen LogP contribution in [0.2, 0.25) is 0 Å². The summed E-state index contributed by atoms with van der Waals surface area (Å²) < 4.78 is 19.4. The van der Waals surface area contributed by atoms with Gasteiger partial charge in [0.1, 0.15) is 19.3 Å². The number of nitrogens with one attached hydrogen (secondary N) is 2. The zero-order valence-corrected chi connectivity index (χ0v) is 15.3. The van der Waals surface area contributed by atoms with E-state index in [1.54, 1.807) is 0 Å². The van der Waals surface area contributed by atoms with Crippen molar-refractivity contribution in [2.24, 2.45) is 0 Å². The van der Waals surface area contributed by atoms with Gasteiger partial charge in [0.25, 0.3) is 0 Å². The number of carbonyl (C=O) groups excluding carboxylic acids is 3. The van der Waals surface area contributed by atoms with Gasteiger partial charge < -0.3 is 29.6 Å². The van der Waals surface area contributed by atoms with Crippen molar-refractivity contribution < 1.29 is 33.3 Å². The summed E-state index contributed by atoms with van der Waals surface area (Å²) >= 11 is 0. The number of likely N-dealkylation sites (N-methyl/N-ethyl adjacent to an activating group) is 1. The summed E-state index contributed by atoms with van der Waals surface area (Å²) in [5.41, 5.74) is 0. The van der Waals surface area contributed by atoms with Crippen LogP contribution in [0.1, 0.15) is 32.1 Å². The highest BCUT2D eigenvalue weighted by Crippen LogP contribution is 2.07. The lowest BCUT2D eigenvalue weighted by atomic mass is 10.1. The maximum absolute atomic E-state index is 11.8. The van der Waals surface area contributed by atoms with Gasteiger partial charge in [-0.15, -0.1) is 0 Å². The third-order valence-electron chi connectivity index (χ3n) is 3.30. The molecule has 1 atom stereocenters. The molecule has 0 rings (SSSR count). The number of carbonyl (C=O) groups is 3. The van der Waals surface area contributed by atoms with Crippen LogP contribution < -0.4 is 10.6 Å². The normalized spacial score (nSPS) is 11.5. The second-order valence-corrected chi connectivity index (χ2v) is 5.25. The molecule has 146 valence electrons. The van der Waals surface area contributed by atoms with Crippen LogP contribution >= 0.6 is 0 Å². The topological polar surface area (TPSA) is 112 Å². The van der Waals surface area contributed by atoms with Gasteiger partial charge in [-0.25, -0.2) is 4.79 Å². The number of ether oxygens (including phenoxy) is 4. The highest BCUT2D eigenvalue weighted by atomic mass is 16.6. The number of hydrogen-bond acceptors (Lipinski definition) is 7. The van der Waals surface area contributed by atoms with Crippen molar-refractivity contribution in [1.82, 2.24) is 10.6 Å². The fraction of sp³-hybridized carbons (Fsp3) is 0.812. The Morgan fingerprint density at radius 1 is 0.880 bits per heavy atom. The number of rotatable bonds is 14. The minimum atomic E-state index is -0.673. The maximum atomic E-state index is 11.8. The predicted octanol–water partition coefficient (Wildman–Crippen LogP) is 0.614. The molecule has 0 aliphatic carbocycles. The van der Waals surface area contributed by atoms with Crippen LogP contribution in [-0.4, -0.2) is 71.7 Å². The predicted molar refractivity (Wildman–Crippen MR) is 90.1 cm³/mol. The fourth-order valence-electron chi connectivity index (χ4n) is 1.95. The maximum Gasteiger partial charge on any atom is 0.407 e. The first-order chi connectivity index (χ1) is 12.0. The van der Waals surface area contributed by atoms with Crippen LogP contribution in [0.5, 0.6) is 0 Å². The van der Waals surface area contributed by atoms with Crippen LogP contribution in [0.4, 0.5) is 4.79 Å². The molecule has 0 spiro atoms. The first-order valence-corrected chi connectivity index (χ1v) is 8.33. The quantitative estimate of drug-likeness (QED) is 0.344. The van der Waals surface area contributed by atoms with E-state index in [0.29, 0.717) is 38.9 Å². The van der Waals surface area contributed by atoms with Crippen molar-refractivity contribution in [1.29, 1.82) is 0 Å². The first-order valence-electron chi connectivity index (χ1n) is 8.33. The van der Waals surface area contributed by atoms with Crippen LogP contribution in [0.15, 0.2) is 0 Å². The van der Waals surface area contributed by atoms with E-state index in [9.17, 15) is 14.4 Å². The third kappa shape index (κ3) is 13.1. The molecular weight excluding hydrogens is 332 g/mol. The standard InChI is InChI=1S/C16H30N2O7/c1-17-15(20)13(18-16(21)25-12-10-23-3)7-5-4-6-8-14(19)24-11-9-22-2/h13H,4-12H2,1-3H3,(H,17,20)(H,18,21). The highest BCUT2D eigenvalue weighted by Gasteiger charge is 2.19. The van der Waals surface area contributed by atoms with E-state index in [0.717, 1.165) is 6.42 Å². The summed E-state index contributed by atoms with van der Waals surface area (Å²) in [7, 11) is 4.55. The van der Waals surface area contributed by atoms with Crippen molar-refractivity contribution in [3.8, 4) is 0 Å². The zero-order chi connectivity index (χ0) is 18.9. The molecule has 9 nitrogen and oxygen atoms in total. The molecular formula is C16H30N2O7. The summed E-state index contributed by atoms with van der Waals surface area (Å²) in [6, 6.07) is -0.673. The minimum Gasteiger partial charge on any atom is -0.463 e. The minimum absolute atomic E-state index is 0.119. The monoisotopic (exact) mass is 362 g/mol. The number of esters is 1. The number of amides is 2. The van der Waals surface area contributed by atoms with Crippen molar-refractivity contribution >= 4 is 18.0 Å². The van der Waals surface area contributed by atoms with Gasteiger partial charge in [0.05, 0.1) is 13.2 Å². The molecule has 1 unspecified atom stereocenters. The number of hydrogen-bond donors (Lipinski definition) is 2. The van der Waals surface area contributed by atoms with Crippen LogP contribution in [0, 0.1) is 0 Å². The van der Waals surface area contributed by atoms with Crippen molar-refractivity contribution in [2.75, 3.05) is 47.7 Å². The highest BCUT2D eigenvalue weighted by molar-refractivity contribution is 5.85. The molecule has 0 aromatic heterocycles. The molecule has 2 N–H and O–H groups in total. The summed E-state index contributed by atoms with van der Waals surface area (Å²) in [6.07, 6.45) is 2.20. The van der Waals surface area contributed by atoms with E-state index in [-0.39, 0.29) is 25.1 Å². The summed E-state index contributed by atoms with van der Waals surface area (Å²) in [4.78, 5) is 34.8. The summed E-state index contributed by atoms with van der Waals surface area (Å²) in [5.74, 6) is -0.553. The first kappa shape index (κ1) is 23.1. The molecule has 0 aromatic rings. The Labute approximate surface area is 148 Å². The molecule has 0 heterocycles. The Morgan fingerprint density at radius 2 is 1.52 bits per heavy atom. The molecule has 0 saturated carbocycles. The van der Waals surface area contributed by atoms with Crippen molar-refractivity contribution in [3.63, 3.8) is 0 Å². The molecule has 0 saturated heterocycles. The molecule has 25 heavy (non-hydrogen) atoms. The van der Waals surface area contributed by atoms with Gasteiger partial charge in [0.2, 0.25) is 5.91 Å². The van der Waals surface area contributed by atoms with E-state index in [1.165, 1.54) is 21.3 Å². The van der Waals surface area contributed by atoms with Crippen molar-refractivity contribution in [3.05, 3.63) is 0 Å². The van der Waals surface area contributed by atoms with E-state index >= 15 is 0 Å². The van der Waals surface area contributed by atoms with Gasteiger partial charge in [-0.3, -0.25) is 9.59 Å². The number of methoxy groups -OCH3 is 2. The van der Waals surface area contributed by atoms with Gasteiger partial charge >= 0.3 is 12.1 Å². The van der Waals surface area contributed by atoms with Gasteiger partial charge in [0.15, 0.2) is 0 Å². The smallest absolute Gasteiger partial charge is 0.407 e. The van der Waals surface area contributed by atoms with E-state index < -0.39 is 12.1 Å². The van der Waals surface area contributed by atoms with Crippen molar-refractivity contribution in [2.45, 2.75) is 38.1 Å². The molecule has 0 aliphatic rings. The Bertz CT molecular complexity index is 391. The summed E-state index contributed by atoms with van der Waals surface area (Å²) in [6.45, 7) is 1.04. The zero-order valence-electron chi connectivity index (χ0n) is 15.3. The van der Waals surface area contributed by atoms with Gasteiger partial charge in [0, 0.05) is 27.7 Å². The SMILES string of the molecule is CNC(=O)C(CCCCCC(=O)OCCOC)NC(=O)OCCOC. The lowest BCUT2D eigenvalue weighted by Crippen LogP contribution is -2.46. The number of alkyl carbamates (subject to hydrolysis) is 1. The second-order valence-electron chi connectivity index (χ2n) is 5.25. The van der Waals surface area contributed by atoms with Gasteiger partial charge in [-0.05, 0) is 12.8 Å². The Morgan fingerprint density at radius 3 is 2.12 bits per heavy atom. The molecule has 2 amide bonds. The van der Waals surface area contributed by atoms with E-state index in [1.807, 2.05) is 0 Å². The van der Waals surface area contributed by atoms with Crippen LogP contribution in [0.25, 0.3) is 0 Å². The van der Waals surface area contributed by atoms with E-state index in [4.69, 9.17) is 18.9 Å². The Kier molecular flexibility index (Phi) is 14.5. The Balaban J connectivity index is 3.98. The van der Waals surface area contributed by atoms with Gasteiger partial charge in [-0.2, -0.15) is 0 Å². The lowest BCUT2D eigenvalue weighted by molar-refractivity contribution is -0.145. The molecule has 0 aromatic carbocycles. The van der Waals surface area contributed by atoms with Crippen LogP contribution in [-0.2, 0) is 28.5 Å². The fourth-order valence-corrected chi connectivity index (χ4v) is 1.95. The van der Waals surface area contributed by atoms with Gasteiger partial charge in [-0.1, -0.05) is 12.8 Å². The average Bonchev–Trinajstić information content (AvgIpc) is 2.60. The number of unbranched alkanes of at least 4 members (excludes halogenated alkanes) is 2. The molecule has 0 aliphatic heterocycles. The molecule has 0 bridgehead atoms. The molecule has 0 radical (unpaired) electrons. The Hall–Kier alpha value is -1.87. The third-order valence-corrected chi connectivity index (χ3v) is 3.30. The molecule has 9 heteroatoms. The van der Waals surface area contributed by atoms with E-state index in [2.05, 4.69) is 10.6 Å². The van der Waals surface area contributed by atoms with Crippen LogP contribution in [0.3, 0.4) is 0 Å². The lowest BCUT2D eigenvalue weighted by Gasteiger charge is -2.17. The average molecular weight is 362 g/mol. The summed E-state index contributed by atoms with van der Waals surface area (Å²) in [5, 5.41) is 5.03.